The summed E-state index contributed by atoms with van der Waals surface area (Å²) in [6, 6.07) is 6.27. The predicted octanol–water partition coefficient (Wildman–Crippen LogP) is 3.12. The highest BCUT2D eigenvalue weighted by atomic mass is 19.3. The molecule has 0 bridgehead atoms. The number of hydrogen-bond acceptors (Lipinski definition) is 3. The molecule has 0 radical (unpaired) electrons. The minimum absolute atomic E-state index is 0.108. The topological polar surface area (TPSA) is 58.6 Å². The normalized spacial score (nSPS) is 12.7. The third-order valence-corrected chi connectivity index (χ3v) is 2.97. The van der Waals surface area contributed by atoms with Crippen LogP contribution in [0.15, 0.2) is 24.3 Å². The Morgan fingerprint density at radius 1 is 1.29 bits per heavy atom. The summed E-state index contributed by atoms with van der Waals surface area (Å²) in [6.45, 7) is 2.00. The van der Waals surface area contributed by atoms with Crippen LogP contribution < -0.4 is 10.1 Å². The molecule has 0 fully saturated rings. The lowest BCUT2D eigenvalue weighted by Crippen LogP contribution is -2.29. The number of carboxylic acid groups (broad SMARTS) is 1. The lowest BCUT2D eigenvalue weighted by atomic mass is 9.97. The second kappa shape index (κ2) is 8.56. The Kier molecular flexibility index (Phi) is 7.08. The van der Waals surface area contributed by atoms with Gasteiger partial charge in [-0.15, -0.1) is 0 Å². The monoisotopic (exact) mass is 301 g/mol. The van der Waals surface area contributed by atoms with E-state index < -0.39 is 18.5 Å². The quantitative estimate of drug-likeness (QED) is 0.736. The molecule has 0 aliphatic rings. The molecule has 4 nitrogen and oxygen atoms in total. The number of alkyl halides is 2. The van der Waals surface area contributed by atoms with Crippen molar-refractivity contribution in [1.82, 2.24) is 5.32 Å². The van der Waals surface area contributed by atoms with E-state index in [0.717, 1.165) is 5.56 Å². The SMILES string of the molecule is CC(C)CC(CNCc1ccc(OC(F)F)cc1)C(=O)O. The van der Waals surface area contributed by atoms with E-state index in [9.17, 15) is 13.6 Å². The zero-order valence-corrected chi connectivity index (χ0v) is 12.2. The van der Waals surface area contributed by atoms with Crippen molar-refractivity contribution in [2.45, 2.75) is 33.4 Å². The molecular formula is C15H21F2NO3. The lowest BCUT2D eigenvalue weighted by molar-refractivity contribution is -0.142. The van der Waals surface area contributed by atoms with E-state index in [2.05, 4.69) is 10.1 Å². The van der Waals surface area contributed by atoms with Gasteiger partial charge in [-0.1, -0.05) is 26.0 Å². The van der Waals surface area contributed by atoms with E-state index in [1.165, 1.54) is 12.1 Å². The second-order valence-corrected chi connectivity index (χ2v) is 5.32. The molecule has 118 valence electrons. The van der Waals surface area contributed by atoms with E-state index in [0.29, 0.717) is 25.4 Å². The first-order valence-corrected chi connectivity index (χ1v) is 6.85. The molecule has 1 atom stereocenters. The molecule has 1 aromatic rings. The maximum absolute atomic E-state index is 12.0. The van der Waals surface area contributed by atoms with Gasteiger partial charge >= 0.3 is 12.6 Å². The van der Waals surface area contributed by atoms with Gasteiger partial charge in [0.2, 0.25) is 0 Å². The van der Waals surface area contributed by atoms with Crippen molar-refractivity contribution in [2.75, 3.05) is 6.54 Å². The van der Waals surface area contributed by atoms with Crippen LogP contribution in [0.3, 0.4) is 0 Å². The van der Waals surface area contributed by atoms with Gasteiger partial charge in [-0.2, -0.15) is 8.78 Å². The summed E-state index contributed by atoms with van der Waals surface area (Å²) in [5.74, 6) is -0.807. The van der Waals surface area contributed by atoms with Crippen molar-refractivity contribution < 1.29 is 23.4 Å². The molecule has 0 saturated heterocycles. The first kappa shape index (κ1) is 17.4. The number of aliphatic carboxylic acids is 1. The molecule has 1 unspecified atom stereocenters. The molecule has 0 saturated carbocycles. The van der Waals surface area contributed by atoms with Crippen LogP contribution in [0.1, 0.15) is 25.8 Å². The van der Waals surface area contributed by atoms with Crippen LogP contribution >= 0.6 is 0 Å². The highest BCUT2D eigenvalue weighted by Crippen LogP contribution is 2.15. The van der Waals surface area contributed by atoms with Gasteiger partial charge in [-0.05, 0) is 30.0 Å². The Hall–Kier alpha value is -1.69. The molecular weight excluding hydrogens is 280 g/mol. The Bertz CT molecular complexity index is 435. The van der Waals surface area contributed by atoms with Crippen LogP contribution in [-0.2, 0) is 11.3 Å². The van der Waals surface area contributed by atoms with E-state index >= 15 is 0 Å². The second-order valence-electron chi connectivity index (χ2n) is 5.32. The van der Waals surface area contributed by atoms with Crippen molar-refractivity contribution in [3.8, 4) is 5.75 Å². The van der Waals surface area contributed by atoms with Gasteiger partial charge in [-0.25, -0.2) is 0 Å². The van der Waals surface area contributed by atoms with Gasteiger partial charge in [0.1, 0.15) is 5.75 Å². The van der Waals surface area contributed by atoms with Crippen molar-refractivity contribution in [2.24, 2.45) is 11.8 Å². The molecule has 6 heteroatoms. The molecule has 0 aliphatic carbocycles. The zero-order valence-electron chi connectivity index (χ0n) is 12.2. The summed E-state index contributed by atoms with van der Waals surface area (Å²) in [6.07, 6.45) is 0.615. The fraction of sp³-hybridized carbons (Fsp3) is 0.533. The molecule has 0 heterocycles. The minimum atomic E-state index is -2.83. The summed E-state index contributed by atoms with van der Waals surface area (Å²) < 4.78 is 28.3. The standard InChI is InChI=1S/C15H21F2NO3/c1-10(2)7-12(14(19)20)9-18-8-11-3-5-13(6-4-11)21-15(16)17/h3-6,10,12,15,18H,7-9H2,1-2H3,(H,19,20). The highest BCUT2D eigenvalue weighted by Gasteiger charge is 2.18. The van der Waals surface area contributed by atoms with Gasteiger partial charge in [0.15, 0.2) is 0 Å². The smallest absolute Gasteiger partial charge is 0.387 e. The third-order valence-electron chi connectivity index (χ3n) is 2.97. The first-order valence-electron chi connectivity index (χ1n) is 6.85. The van der Waals surface area contributed by atoms with Crippen molar-refractivity contribution in [3.63, 3.8) is 0 Å². The van der Waals surface area contributed by atoms with Gasteiger partial charge in [0.25, 0.3) is 0 Å². The summed E-state index contributed by atoms with van der Waals surface area (Å²) in [5.41, 5.74) is 0.880. The number of carbonyl (C=O) groups is 1. The number of rotatable bonds is 9. The molecule has 1 rings (SSSR count). The van der Waals surface area contributed by atoms with E-state index in [-0.39, 0.29) is 5.75 Å². The first-order chi connectivity index (χ1) is 9.88. The fourth-order valence-electron chi connectivity index (χ4n) is 2.02. The van der Waals surface area contributed by atoms with E-state index in [4.69, 9.17) is 5.11 Å². The number of ether oxygens (including phenoxy) is 1. The van der Waals surface area contributed by atoms with Crippen LogP contribution in [0.5, 0.6) is 5.75 Å². The summed E-state index contributed by atoms with van der Waals surface area (Å²) in [4.78, 5) is 11.1. The number of halogens is 2. The predicted molar refractivity (Wildman–Crippen MR) is 75.4 cm³/mol. The Morgan fingerprint density at radius 3 is 2.38 bits per heavy atom. The molecule has 1 aromatic carbocycles. The summed E-state index contributed by atoms with van der Waals surface area (Å²) in [5, 5.41) is 12.2. The van der Waals surface area contributed by atoms with Crippen molar-refractivity contribution >= 4 is 5.97 Å². The van der Waals surface area contributed by atoms with Crippen LogP contribution in [0, 0.1) is 11.8 Å². The largest absolute Gasteiger partial charge is 0.481 e. The Labute approximate surface area is 123 Å². The molecule has 0 amide bonds. The summed E-state index contributed by atoms with van der Waals surface area (Å²) in [7, 11) is 0. The molecule has 0 aromatic heterocycles. The molecule has 0 aliphatic heterocycles. The zero-order chi connectivity index (χ0) is 15.8. The number of nitrogens with one attached hydrogen (secondary N) is 1. The minimum Gasteiger partial charge on any atom is -0.481 e. The lowest BCUT2D eigenvalue weighted by Gasteiger charge is -2.15. The maximum atomic E-state index is 12.0. The van der Waals surface area contributed by atoms with Crippen LogP contribution in [-0.4, -0.2) is 24.2 Å². The fourth-order valence-corrected chi connectivity index (χ4v) is 2.02. The van der Waals surface area contributed by atoms with Crippen LogP contribution in [0.4, 0.5) is 8.78 Å². The number of carboxylic acids is 1. The van der Waals surface area contributed by atoms with Gasteiger partial charge < -0.3 is 15.2 Å². The van der Waals surface area contributed by atoms with Gasteiger partial charge in [-0.3, -0.25) is 4.79 Å². The Morgan fingerprint density at radius 2 is 1.90 bits per heavy atom. The third kappa shape index (κ3) is 7.04. The summed E-state index contributed by atoms with van der Waals surface area (Å²) >= 11 is 0. The van der Waals surface area contributed by atoms with Crippen LogP contribution in [0.25, 0.3) is 0 Å². The van der Waals surface area contributed by atoms with Crippen molar-refractivity contribution in [1.29, 1.82) is 0 Å². The average Bonchev–Trinajstić information content (AvgIpc) is 2.38. The van der Waals surface area contributed by atoms with Crippen molar-refractivity contribution in [3.05, 3.63) is 29.8 Å². The molecule has 21 heavy (non-hydrogen) atoms. The highest BCUT2D eigenvalue weighted by molar-refractivity contribution is 5.70. The average molecular weight is 301 g/mol. The molecule has 2 N–H and O–H groups in total. The van der Waals surface area contributed by atoms with E-state index in [1.807, 2.05) is 13.8 Å². The number of hydrogen-bond donors (Lipinski definition) is 2. The molecule has 0 spiro atoms. The van der Waals surface area contributed by atoms with Gasteiger partial charge in [0.05, 0.1) is 5.92 Å². The van der Waals surface area contributed by atoms with E-state index in [1.54, 1.807) is 12.1 Å². The van der Waals surface area contributed by atoms with Gasteiger partial charge in [0, 0.05) is 13.1 Å². The van der Waals surface area contributed by atoms with Crippen LogP contribution in [0.2, 0.25) is 0 Å². The maximum Gasteiger partial charge on any atom is 0.387 e. The Balaban J connectivity index is 2.42. The number of benzene rings is 1.